The van der Waals surface area contributed by atoms with Gasteiger partial charge in [-0.2, -0.15) is 0 Å². The van der Waals surface area contributed by atoms with Gasteiger partial charge in [0.25, 0.3) is 5.82 Å². The van der Waals surface area contributed by atoms with Gasteiger partial charge in [-0.25, -0.2) is 9.55 Å². The molecule has 0 aromatic carbocycles. The molecule has 176 valence electrons. The lowest BCUT2D eigenvalue weighted by molar-refractivity contribution is -0.727. The first kappa shape index (κ1) is 27.2. The molecule has 1 heterocycles. The molecule has 0 bridgehead atoms. The first-order chi connectivity index (χ1) is 14.7. The third kappa shape index (κ3) is 12.2. The van der Waals surface area contributed by atoms with E-state index in [1.54, 1.807) is 0 Å². The first-order valence-electron chi connectivity index (χ1n) is 13.8. The maximum absolute atomic E-state index is 3.60. The number of H-pyrrole nitrogens is 1. The van der Waals surface area contributed by atoms with E-state index in [0.717, 1.165) is 0 Å². The SMILES string of the molecule is CCCCCCCCCCCCCCC(CC)c1[nH]cc[n+]1C(C)CCCCCC. The van der Waals surface area contributed by atoms with Crippen LogP contribution in [0.1, 0.15) is 167 Å². The van der Waals surface area contributed by atoms with Gasteiger partial charge >= 0.3 is 0 Å². The number of rotatable bonds is 21. The summed E-state index contributed by atoms with van der Waals surface area (Å²) >= 11 is 0. The van der Waals surface area contributed by atoms with Gasteiger partial charge in [-0.1, -0.05) is 117 Å². The zero-order valence-corrected chi connectivity index (χ0v) is 21.2. The molecule has 0 aliphatic heterocycles. The molecule has 0 aliphatic carbocycles. The van der Waals surface area contributed by atoms with E-state index in [1.165, 1.54) is 128 Å². The smallest absolute Gasteiger partial charge is 0.247 e. The zero-order chi connectivity index (χ0) is 21.9. The Bertz CT molecular complexity index is 479. The van der Waals surface area contributed by atoms with Crippen molar-refractivity contribution in [3.8, 4) is 0 Å². The minimum Gasteiger partial charge on any atom is -0.247 e. The standard InChI is InChI=1S/C28H54N2/c1-5-8-10-12-13-14-15-16-17-18-19-21-23-27(7-3)28-29-24-25-30(28)26(4)22-20-11-9-6-2/h24-27H,5-23H2,1-4H3/p+1. The Kier molecular flexibility index (Phi) is 17.2. The topological polar surface area (TPSA) is 19.7 Å². The third-order valence-electron chi connectivity index (χ3n) is 6.98. The molecule has 2 nitrogen and oxygen atoms in total. The lowest BCUT2D eigenvalue weighted by Crippen LogP contribution is -2.41. The number of nitrogens with zero attached hydrogens (tertiary/aromatic N) is 1. The Morgan fingerprint density at radius 2 is 1.13 bits per heavy atom. The molecule has 1 aromatic rings. The van der Waals surface area contributed by atoms with Crippen LogP contribution in [0, 0.1) is 0 Å². The molecule has 1 N–H and O–H groups in total. The van der Waals surface area contributed by atoms with Crippen molar-refractivity contribution in [1.29, 1.82) is 0 Å². The highest BCUT2D eigenvalue weighted by Crippen LogP contribution is 2.24. The van der Waals surface area contributed by atoms with E-state index in [-0.39, 0.29) is 0 Å². The van der Waals surface area contributed by atoms with Crippen LogP contribution in [0.2, 0.25) is 0 Å². The number of aromatic nitrogens is 2. The van der Waals surface area contributed by atoms with Crippen LogP contribution in [-0.2, 0) is 0 Å². The minimum absolute atomic E-state index is 0.624. The molecule has 0 aliphatic rings. The number of nitrogens with one attached hydrogen (secondary N) is 1. The molecule has 2 atom stereocenters. The Balaban J connectivity index is 2.17. The molecular weight excluding hydrogens is 364 g/mol. The fourth-order valence-corrected chi connectivity index (χ4v) is 4.84. The van der Waals surface area contributed by atoms with Crippen LogP contribution < -0.4 is 4.57 Å². The highest BCUT2D eigenvalue weighted by atomic mass is 15.1. The summed E-state index contributed by atoms with van der Waals surface area (Å²) in [6, 6.07) is 0.624. The molecule has 0 saturated heterocycles. The molecular formula is C28H55N2+. The fraction of sp³-hybridized carbons (Fsp3) is 0.893. The molecule has 2 heteroatoms. The molecule has 0 saturated carbocycles. The van der Waals surface area contributed by atoms with Gasteiger partial charge in [0.05, 0.1) is 12.0 Å². The van der Waals surface area contributed by atoms with Gasteiger partial charge in [-0.15, -0.1) is 0 Å². The van der Waals surface area contributed by atoms with E-state index in [4.69, 9.17) is 0 Å². The molecule has 0 fully saturated rings. The van der Waals surface area contributed by atoms with Gasteiger partial charge in [0.15, 0.2) is 0 Å². The number of hydrogen-bond donors (Lipinski definition) is 1. The van der Waals surface area contributed by atoms with Crippen molar-refractivity contribution in [3.05, 3.63) is 18.2 Å². The predicted octanol–water partition coefficient (Wildman–Crippen LogP) is 9.42. The van der Waals surface area contributed by atoms with Gasteiger partial charge in [0.1, 0.15) is 12.4 Å². The second-order valence-corrected chi connectivity index (χ2v) is 9.73. The minimum atomic E-state index is 0.624. The third-order valence-corrected chi connectivity index (χ3v) is 6.98. The van der Waals surface area contributed by atoms with Crippen molar-refractivity contribution in [2.24, 2.45) is 0 Å². The van der Waals surface area contributed by atoms with Crippen LogP contribution in [-0.4, -0.2) is 4.98 Å². The first-order valence-corrected chi connectivity index (χ1v) is 13.8. The zero-order valence-electron chi connectivity index (χ0n) is 21.2. The van der Waals surface area contributed by atoms with Gasteiger partial charge in [0, 0.05) is 0 Å². The van der Waals surface area contributed by atoms with Crippen LogP contribution in [0.25, 0.3) is 0 Å². The Morgan fingerprint density at radius 1 is 0.667 bits per heavy atom. The second kappa shape index (κ2) is 18.9. The number of hydrogen-bond acceptors (Lipinski definition) is 0. The molecule has 0 radical (unpaired) electrons. The van der Waals surface area contributed by atoms with E-state index >= 15 is 0 Å². The number of imidazole rings is 1. The van der Waals surface area contributed by atoms with E-state index < -0.39 is 0 Å². The molecule has 2 unspecified atom stereocenters. The lowest BCUT2D eigenvalue weighted by Gasteiger charge is -2.15. The Hall–Kier alpha value is -0.790. The van der Waals surface area contributed by atoms with Crippen LogP contribution in [0.4, 0.5) is 0 Å². The van der Waals surface area contributed by atoms with Gasteiger partial charge in [0.2, 0.25) is 0 Å². The van der Waals surface area contributed by atoms with Crippen LogP contribution in [0.3, 0.4) is 0 Å². The maximum atomic E-state index is 3.60. The summed E-state index contributed by atoms with van der Waals surface area (Å²) < 4.78 is 2.54. The molecule has 0 amide bonds. The average Bonchev–Trinajstić information content (AvgIpc) is 3.24. The van der Waals surface area contributed by atoms with E-state index in [2.05, 4.69) is 49.6 Å². The quantitative estimate of drug-likeness (QED) is 0.151. The molecule has 0 spiro atoms. The normalized spacial score (nSPS) is 13.6. The average molecular weight is 420 g/mol. The fourth-order valence-electron chi connectivity index (χ4n) is 4.84. The summed E-state index contributed by atoms with van der Waals surface area (Å²) in [5, 5.41) is 0. The summed E-state index contributed by atoms with van der Waals surface area (Å²) in [5.41, 5.74) is 0. The molecule has 30 heavy (non-hydrogen) atoms. The van der Waals surface area contributed by atoms with Crippen molar-refractivity contribution < 1.29 is 4.57 Å². The second-order valence-electron chi connectivity index (χ2n) is 9.73. The summed E-state index contributed by atoms with van der Waals surface area (Å²) in [6.07, 6.45) is 31.0. The monoisotopic (exact) mass is 419 g/mol. The van der Waals surface area contributed by atoms with E-state index in [1.807, 2.05) is 0 Å². The predicted molar refractivity (Wildman–Crippen MR) is 133 cm³/mol. The van der Waals surface area contributed by atoms with Gasteiger partial charge in [-0.05, 0) is 32.6 Å². The molecule has 1 aromatic heterocycles. The summed E-state index contributed by atoms with van der Waals surface area (Å²) in [4.78, 5) is 3.60. The van der Waals surface area contributed by atoms with Crippen LogP contribution in [0.15, 0.2) is 12.4 Å². The van der Waals surface area contributed by atoms with Crippen molar-refractivity contribution in [3.63, 3.8) is 0 Å². The Labute approximate surface area is 189 Å². The van der Waals surface area contributed by atoms with Crippen LogP contribution in [0.5, 0.6) is 0 Å². The van der Waals surface area contributed by atoms with Crippen molar-refractivity contribution >= 4 is 0 Å². The van der Waals surface area contributed by atoms with Crippen molar-refractivity contribution in [2.75, 3.05) is 0 Å². The summed E-state index contributed by atoms with van der Waals surface area (Å²) in [7, 11) is 0. The number of aromatic amines is 1. The van der Waals surface area contributed by atoms with Crippen LogP contribution >= 0.6 is 0 Å². The maximum Gasteiger partial charge on any atom is 0.257 e. The number of unbranched alkanes of at least 4 members (excludes halogenated alkanes) is 14. The van der Waals surface area contributed by atoms with Crippen molar-refractivity contribution in [1.82, 2.24) is 4.98 Å². The molecule has 1 rings (SSSR count). The van der Waals surface area contributed by atoms with Gasteiger partial charge < -0.3 is 0 Å². The van der Waals surface area contributed by atoms with Gasteiger partial charge in [-0.3, -0.25) is 0 Å². The largest absolute Gasteiger partial charge is 0.257 e. The summed E-state index contributed by atoms with van der Waals surface area (Å²) in [5.74, 6) is 2.17. The summed E-state index contributed by atoms with van der Waals surface area (Å²) in [6.45, 7) is 9.36. The highest BCUT2D eigenvalue weighted by molar-refractivity contribution is 4.89. The highest BCUT2D eigenvalue weighted by Gasteiger charge is 2.24. The Morgan fingerprint density at radius 3 is 1.67 bits per heavy atom. The van der Waals surface area contributed by atoms with E-state index in [0.29, 0.717) is 12.0 Å². The van der Waals surface area contributed by atoms with Crippen molar-refractivity contribution in [2.45, 2.75) is 162 Å². The lowest BCUT2D eigenvalue weighted by atomic mass is 9.96. The van der Waals surface area contributed by atoms with E-state index in [9.17, 15) is 0 Å².